The van der Waals surface area contributed by atoms with Crippen LogP contribution in [0.1, 0.15) is 58.3 Å². The number of hydrogen-bond acceptors (Lipinski definition) is 3. The number of rotatable bonds is 3. The second-order valence-electron chi connectivity index (χ2n) is 6.31. The molecule has 4 unspecified atom stereocenters. The van der Waals surface area contributed by atoms with Crippen molar-refractivity contribution in [2.45, 2.75) is 70.4 Å². The molecule has 0 spiro atoms. The van der Waals surface area contributed by atoms with E-state index >= 15 is 0 Å². The summed E-state index contributed by atoms with van der Waals surface area (Å²) in [6, 6.07) is 3.22. The Labute approximate surface area is 117 Å². The zero-order chi connectivity index (χ0) is 13.7. The van der Waals surface area contributed by atoms with Crippen molar-refractivity contribution in [3.63, 3.8) is 0 Å². The molecule has 0 amide bonds. The van der Waals surface area contributed by atoms with Gasteiger partial charge in [-0.15, -0.1) is 0 Å². The molecule has 1 N–H and O–H groups in total. The second kappa shape index (κ2) is 7.26. The first-order chi connectivity index (χ1) is 9.30. The Morgan fingerprint density at radius 1 is 1.21 bits per heavy atom. The smallest absolute Gasteiger partial charge is 0.0672 e. The summed E-state index contributed by atoms with van der Waals surface area (Å²) in [5.74, 6) is 0.951. The third kappa shape index (κ3) is 3.49. The molecule has 1 saturated carbocycles. The van der Waals surface area contributed by atoms with Crippen molar-refractivity contribution in [3.8, 4) is 6.07 Å². The van der Waals surface area contributed by atoms with E-state index in [1.165, 1.54) is 32.1 Å². The lowest BCUT2D eigenvalue weighted by molar-refractivity contribution is 0.0366. The van der Waals surface area contributed by atoms with Crippen LogP contribution in [0.25, 0.3) is 0 Å². The molecule has 1 aliphatic heterocycles. The van der Waals surface area contributed by atoms with Gasteiger partial charge in [0.1, 0.15) is 0 Å². The van der Waals surface area contributed by atoms with Gasteiger partial charge in [-0.1, -0.05) is 26.2 Å². The monoisotopic (exact) mass is 264 g/mol. The molecule has 108 valence electrons. The normalized spacial score (nSPS) is 37.5. The van der Waals surface area contributed by atoms with E-state index in [1.807, 2.05) is 0 Å². The number of aliphatic hydroxyl groups excluding tert-OH is 1. The minimum atomic E-state index is 0.176. The molecule has 0 bridgehead atoms. The average molecular weight is 264 g/mol. The van der Waals surface area contributed by atoms with Gasteiger partial charge in [0.2, 0.25) is 0 Å². The van der Waals surface area contributed by atoms with Crippen LogP contribution in [0.5, 0.6) is 0 Å². The van der Waals surface area contributed by atoms with E-state index in [2.05, 4.69) is 17.9 Å². The molecule has 2 aliphatic rings. The molecule has 4 atom stereocenters. The van der Waals surface area contributed by atoms with Crippen LogP contribution in [0.4, 0.5) is 0 Å². The molecule has 19 heavy (non-hydrogen) atoms. The quantitative estimate of drug-likeness (QED) is 0.852. The Hall–Kier alpha value is -0.590. The highest BCUT2D eigenvalue weighted by molar-refractivity contribution is 4.99. The molecular formula is C16H28N2O. The molecule has 1 saturated heterocycles. The Morgan fingerprint density at radius 2 is 2.05 bits per heavy atom. The van der Waals surface area contributed by atoms with Gasteiger partial charge < -0.3 is 5.11 Å². The molecule has 3 nitrogen and oxygen atoms in total. The molecular weight excluding hydrogens is 236 g/mol. The third-order valence-corrected chi connectivity index (χ3v) is 5.23. The van der Waals surface area contributed by atoms with Gasteiger partial charge in [0.25, 0.3) is 0 Å². The molecule has 3 heteroatoms. The minimum absolute atomic E-state index is 0.176. The zero-order valence-electron chi connectivity index (χ0n) is 12.2. The van der Waals surface area contributed by atoms with Gasteiger partial charge in [-0.05, 0) is 44.6 Å². The Morgan fingerprint density at radius 3 is 2.74 bits per heavy atom. The SMILES string of the molecule is CCC1CCC(C#N)C(N2CCCCCC2CO)C1. The molecule has 1 heterocycles. The van der Waals surface area contributed by atoms with E-state index in [9.17, 15) is 10.4 Å². The van der Waals surface area contributed by atoms with Gasteiger partial charge in [0.05, 0.1) is 18.6 Å². The fourth-order valence-electron chi connectivity index (χ4n) is 3.95. The van der Waals surface area contributed by atoms with E-state index in [-0.39, 0.29) is 12.5 Å². The van der Waals surface area contributed by atoms with Gasteiger partial charge in [-0.3, -0.25) is 4.90 Å². The largest absolute Gasteiger partial charge is 0.395 e. The summed E-state index contributed by atoms with van der Waals surface area (Å²) >= 11 is 0. The summed E-state index contributed by atoms with van der Waals surface area (Å²) < 4.78 is 0. The lowest BCUT2D eigenvalue weighted by Crippen LogP contribution is -2.50. The highest BCUT2D eigenvalue weighted by atomic mass is 16.3. The van der Waals surface area contributed by atoms with E-state index in [0.29, 0.717) is 12.1 Å². The van der Waals surface area contributed by atoms with Crippen LogP contribution < -0.4 is 0 Å². The van der Waals surface area contributed by atoms with E-state index < -0.39 is 0 Å². The van der Waals surface area contributed by atoms with Crippen molar-refractivity contribution in [3.05, 3.63) is 0 Å². The first-order valence-corrected chi connectivity index (χ1v) is 8.06. The minimum Gasteiger partial charge on any atom is -0.395 e. The van der Waals surface area contributed by atoms with Crippen molar-refractivity contribution in [2.24, 2.45) is 11.8 Å². The number of aliphatic hydroxyl groups is 1. The molecule has 0 aromatic carbocycles. The highest BCUT2D eigenvalue weighted by Crippen LogP contribution is 2.36. The van der Waals surface area contributed by atoms with E-state index in [1.54, 1.807) is 0 Å². The first kappa shape index (κ1) is 14.8. The van der Waals surface area contributed by atoms with Crippen LogP contribution in [0.2, 0.25) is 0 Å². The third-order valence-electron chi connectivity index (χ3n) is 5.23. The summed E-state index contributed by atoms with van der Waals surface area (Å²) in [6.07, 6.45) is 9.47. The lowest BCUT2D eigenvalue weighted by Gasteiger charge is -2.43. The van der Waals surface area contributed by atoms with Crippen LogP contribution in [0.3, 0.4) is 0 Å². The Bertz CT molecular complexity index is 312. The van der Waals surface area contributed by atoms with Crippen molar-refractivity contribution < 1.29 is 5.11 Å². The summed E-state index contributed by atoms with van der Waals surface area (Å²) in [5, 5.41) is 19.1. The van der Waals surface area contributed by atoms with Crippen molar-refractivity contribution in [1.29, 1.82) is 5.26 Å². The highest BCUT2D eigenvalue weighted by Gasteiger charge is 2.37. The average Bonchev–Trinajstić information content (AvgIpc) is 2.71. The fourth-order valence-corrected chi connectivity index (χ4v) is 3.95. The molecule has 0 aromatic heterocycles. The van der Waals surface area contributed by atoms with Crippen LogP contribution in [0.15, 0.2) is 0 Å². The maximum absolute atomic E-state index is 9.67. The van der Waals surface area contributed by atoms with Crippen LogP contribution in [-0.2, 0) is 0 Å². The van der Waals surface area contributed by atoms with Gasteiger partial charge in [0, 0.05) is 12.1 Å². The zero-order valence-corrected chi connectivity index (χ0v) is 12.2. The van der Waals surface area contributed by atoms with E-state index in [0.717, 1.165) is 31.7 Å². The predicted molar refractivity (Wildman–Crippen MR) is 76.6 cm³/mol. The van der Waals surface area contributed by atoms with Crippen LogP contribution >= 0.6 is 0 Å². The molecule has 0 aromatic rings. The number of likely N-dealkylation sites (tertiary alicyclic amines) is 1. The summed E-state index contributed by atoms with van der Waals surface area (Å²) in [6.45, 7) is 3.59. The van der Waals surface area contributed by atoms with Crippen LogP contribution in [-0.4, -0.2) is 35.2 Å². The molecule has 2 rings (SSSR count). The second-order valence-corrected chi connectivity index (χ2v) is 6.31. The van der Waals surface area contributed by atoms with Crippen LogP contribution in [0, 0.1) is 23.2 Å². The number of nitriles is 1. The van der Waals surface area contributed by atoms with E-state index in [4.69, 9.17) is 0 Å². The van der Waals surface area contributed by atoms with Crippen molar-refractivity contribution >= 4 is 0 Å². The summed E-state index contributed by atoms with van der Waals surface area (Å²) in [4.78, 5) is 2.49. The predicted octanol–water partition coefficient (Wildman–Crippen LogP) is 2.94. The number of hydrogen-bond donors (Lipinski definition) is 1. The van der Waals surface area contributed by atoms with Gasteiger partial charge in [-0.25, -0.2) is 0 Å². The topological polar surface area (TPSA) is 47.3 Å². The standard InChI is InChI=1S/C16H28N2O/c1-2-13-7-8-14(11-17)16(10-13)18-9-5-3-4-6-15(18)12-19/h13-16,19H,2-10,12H2,1H3. The summed E-state index contributed by atoms with van der Waals surface area (Å²) in [7, 11) is 0. The fraction of sp³-hybridized carbons (Fsp3) is 0.938. The molecule has 2 fully saturated rings. The number of nitrogens with zero attached hydrogens (tertiary/aromatic N) is 2. The molecule has 0 radical (unpaired) electrons. The van der Waals surface area contributed by atoms with Gasteiger partial charge in [0.15, 0.2) is 0 Å². The Balaban J connectivity index is 2.11. The van der Waals surface area contributed by atoms with Crippen molar-refractivity contribution in [2.75, 3.05) is 13.2 Å². The maximum Gasteiger partial charge on any atom is 0.0672 e. The van der Waals surface area contributed by atoms with Gasteiger partial charge in [-0.2, -0.15) is 5.26 Å². The Kier molecular flexibility index (Phi) is 5.66. The summed E-state index contributed by atoms with van der Waals surface area (Å²) in [5.41, 5.74) is 0. The lowest BCUT2D eigenvalue weighted by atomic mass is 9.76. The maximum atomic E-state index is 9.67. The molecule has 1 aliphatic carbocycles. The van der Waals surface area contributed by atoms with Crippen molar-refractivity contribution in [1.82, 2.24) is 4.90 Å². The first-order valence-electron chi connectivity index (χ1n) is 8.06. The van der Waals surface area contributed by atoms with Gasteiger partial charge >= 0.3 is 0 Å².